The summed E-state index contributed by atoms with van der Waals surface area (Å²) in [6.07, 6.45) is 1.89. The predicted octanol–water partition coefficient (Wildman–Crippen LogP) is 3.39. The van der Waals surface area contributed by atoms with Crippen LogP contribution in [0.15, 0.2) is 0 Å². The van der Waals surface area contributed by atoms with Gasteiger partial charge in [-0.25, -0.2) is 0 Å². The molecular formula is C13H22F3NO. The molecule has 0 amide bonds. The summed E-state index contributed by atoms with van der Waals surface area (Å²) in [5, 5.41) is 0. The average molecular weight is 265 g/mol. The quantitative estimate of drug-likeness (QED) is 0.830. The molecule has 0 aromatic rings. The Kier molecular flexibility index (Phi) is 4.54. The largest absolute Gasteiger partial charge is 0.391 e. The summed E-state index contributed by atoms with van der Waals surface area (Å²) in [5.74, 6) is -1.28. The first-order chi connectivity index (χ1) is 8.45. The van der Waals surface area contributed by atoms with Gasteiger partial charge in [-0.15, -0.1) is 0 Å². The third-order valence-corrected chi connectivity index (χ3v) is 4.10. The van der Waals surface area contributed by atoms with E-state index >= 15 is 0 Å². The van der Waals surface area contributed by atoms with Crippen LogP contribution in [0.2, 0.25) is 0 Å². The third-order valence-electron chi connectivity index (χ3n) is 4.10. The maximum Gasteiger partial charge on any atom is 0.391 e. The average Bonchev–Trinajstić information content (AvgIpc) is 2.28. The Labute approximate surface area is 106 Å². The van der Waals surface area contributed by atoms with Crippen molar-refractivity contribution in [3.8, 4) is 0 Å². The maximum absolute atomic E-state index is 12.8. The molecule has 2 aliphatic carbocycles. The van der Waals surface area contributed by atoms with Crippen molar-refractivity contribution in [1.82, 2.24) is 0 Å². The molecule has 5 heteroatoms. The molecule has 0 heterocycles. The number of hydrogen-bond donors (Lipinski definition) is 1. The molecule has 3 unspecified atom stereocenters. The van der Waals surface area contributed by atoms with E-state index in [1.165, 1.54) is 6.42 Å². The van der Waals surface area contributed by atoms with Crippen LogP contribution < -0.4 is 5.73 Å². The van der Waals surface area contributed by atoms with Crippen LogP contribution in [0.3, 0.4) is 0 Å². The number of alkyl halides is 3. The van der Waals surface area contributed by atoms with Crippen molar-refractivity contribution in [2.45, 2.75) is 75.8 Å². The fraction of sp³-hybridized carbons (Fsp3) is 1.00. The molecular weight excluding hydrogens is 243 g/mol. The summed E-state index contributed by atoms with van der Waals surface area (Å²) < 4.78 is 44.1. The van der Waals surface area contributed by atoms with Crippen molar-refractivity contribution in [1.29, 1.82) is 0 Å². The predicted molar refractivity (Wildman–Crippen MR) is 63.1 cm³/mol. The van der Waals surface area contributed by atoms with Crippen molar-refractivity contribution < 1.29 is 17.9 Å². The molecule has 2 nitrogen and oxygen atoms in total. The number of rotatable bonds is 2. The maximum atomic E-state index is 12.8. The smallest absolute Gasteiger partial charge is 0.375 e. The van der Waals surface area contributed by atoms with E-state index in [2.05, 4.69) is 0 Å². The molecule has 0 aromatic heterocycles. The zero-order valence-electron chi connectivity index (χ0n) is 10.6. The standard InChI is InChI=1S/C13H22F3NO/c14-13(15,16)9-6-10(17)8-12(7-9)18-11-4-2-1-3-5-11/h9-12H,1-8,17H2. The molecule has 2 fully saturated rings. The van der Waals surface area contributed by atoms with Crippen LogP contribution in [-0.2, 0) is 4.74 Å². The van der Waals surface area contributed by atoms with E-state index in [1.54, 1.807) is 0 Å². The van der Waals surface area contributed by atoms with E-state index in [0.29, 0.717) is 6.42 Å². The molecule has 2 rings (SSSR count). The minimum Gasteiger partial charge on any atom is -0.375 e. The first-order valence-corrected chi connectivity index (χ1v) is 6.93. The fourth-order valence-corrected chi connectivity index (χ4v) is 3.16. The van der Waals surface area contributed by atoms with Gasteiger partial charge in [-0.05, 0) is 32.1 Å². The van der Waals surface area contributed by atoms with Gasteiger partial charge in [0.25, 0.3) is 0 Å². The molecule has 106 valence electrons. The topological polar surface area (TPSA) is 35.2 Å². The second-order valence-corrected chi connectivity index (χ2v) is 5.72. The van der Waals surface area contributed by atoms with Gasteiger partial charge < -0.3 is 10.5 Å². The first kappa shape index (κ1) is 14.1. The first-order valence-electron chi connectivity index (χ1n) is 6.93. The second-order valence-electron chi connectivity index (χ2n) is 5.72. The number of hydrogen-bond acceptors (Lipinski definition) is 2. The van der Waals surface area contributed by atoms with Crippen LogP contribution in [0.25, 0.3) is 0 Å². The summed E-state index contributed by atoms with van der Waals surface area (Å²) in [4.78, 5) is 0. The Morgan fingerprint density at radius 3 is 2.17 bits per heavy atom. The Hall–Kier alpha value is -0.290. The zero-order valence-corrected chi connectivity index (χ0v) is 10.6. The van der Waals surface area contributed by atoms with E-state index in [9.17, 15) is 13.2 Å². The fourth-order valence-electron chi connectivity index (χ4n) is 3.16. The normalized spacial score (nSPS) is 35.7. The van der Waals surface area contributed by atoms with Gasteiger partial charge in [0.2, 0.25) is 0 Å². The molecule has 0 saturated heterocycles. The van der Waals surface area contributed by atoms with Crippen LogP contribution >= 0.6 is 0 Å². The number of halogens is 3. The molecule has 18 heavy (non-hydrogen) atoms. The molecule has 0 bridgehead atoms. The third kappa shape index (κ3) is 3.85. The molecule has 2 aliphatic rings. The summed E-state index contributed by atoms with van der Waals surface area (Å²) in [5.41, 5.74) is 5.74. The van der Waals surface area contributed by atoms with Crippen molar-refractivity contribution in [2.75, 3.05) is 0 Å². The molecule has 0 aromatic carbocycles. The minimum atomic E-state index is -4.13. The molecule has 0 aliphatic heterocycles. The minimum absolute atomic E-state index is 0.0496. The summed E-state index contributed by atoms with van der Waals surface area (Å²) >= 11 is 0. The monoisotopic (exact) mass is 265 g/mol. The van der Waals surface area contributed by atoms with Gasteiger partial charge in [-0.3, -0.25) is 0 Å². The van der Waals surface area contributed by atoms with Gasteiger partial charge in [0.15, 0.2) is 0 Å². The molecule has 0 spiro atoms. The van der Waals surface area contributed by atoms with Gasteiger partial charge in [-0.1, -0.05) is 19.3 Å². The van der Waals surface area contributed by atoms with E-state index in [-0.39, 0.29) is 31.1 Å². The summed E-state index contributed by atoms with van der Waals surface area (Å²) in [7, 11) is 0. The second kappa shape index (κ2) is 5.78. The van der Waals surface area contributed by atoms with Crippen LogP contribution in [0.1, 0.15) is 51.4 Å². The highest BCUT2D eigenvalue weighted by Gasteiger charge is 2.44. The van der Waals surface area contributed by atoms with Crippen molar-refractivity contribution in [3.63, 3.8) is 0 Å². The van der Waals surface area contributed by atoms with Crippen LogP contribution in [0.5, 0.6) is 0 Å². The Morgan fingerprint density at radius 2 is 1.56 bits per heavy atom. The van der Waals surface area contributed by atoms with Gasteiger partial charge in [0, 0.05) is 6.04 Å². The van der Waals surface area contributed by atoms with E-state index in [4.69, 9.17) is 10.5 Å². The van der Waals surface area contributed by atoms with Gasteiger partial charge in [0.1, 0.15) is 0 Å². The summed E-state index contributed by atoms with van der Waals surface area (Å²) in [6.45, 7) is 0. The van der Waals surface area contributed by atoms with E-state index in [1.807, 2.05) is 0 Å². The number of nitrogens with two attached hydrogens (primary N) is 1. The van der Waals surface area contributed by atoms with Crippen LogP contribution in [0.4, 0.5) is 13.2 Å². The highest BCUT2D eigenvalue weighted by Crippen LogP contribution is 2.39. The Bertz CT molecular complexity index is 263. The lowest BCUT2D eigenvalue weighted by atomic mass is 9.83. The Balaban J connectivity index is 1.87. The molecule has 0 radical (unpaired) electrons. The SMILES string of the molecule is NC1CC(OC2CCCCC2)CC(C(F)(F)F)C1. The molecule has 2 saturated carbocycles. The van der Waals surface area contributed by atoms with Gasteiger partial charge in [0.05, 0.1) is 18.1 Å². The highest BCUT2D eigenvalue weighted by molar-refractivity contribution is 4.86. The van der Waals surface area contributed by atoms with Crippen molar-refractivity contribution >= 4 is 0 Å². The van der Waals surface area contributed by atoms with Gasteiger partial charge >= 0.3 is 6.18 Å². The van der Waals surface area contributed by atoms with Crippen LogP contribution in [0, 0.1) is 5.92 Å². The molecule has 3 atom stereocenters. The lowest BCUT2D eigenvalue weighted by molar-refractivity contribution is -0.197. The number of ether oxygens (including phenoxy) is 1. The van der Waals surface area contributed by atoms with Gasteiger partial charge in [-0.2, -0.15) is 13.2 Å². The van der Waals surface area contributed by atoms with E-state index < -0.39 is 12.1 Å². The summed E-state index contributed by atoms with van der Waals surface area (Å²) in [6, 6.07) is -0.376. The lowest BCUT2D eigenvalue weighted by Crippen LogP contribution is -2.43. The van der Waals surface area contributed by atoms with Crippen LogP contribution in [-0.4, -0.2) is 24.4 Å². The lowest BCUT2D eigenvalue weighted by Gasteiger charge is -2.36. The van der Waals surface area contributed by atoms with E-state index in [0.717, 1.165) is 25.7 Å². The highest BCUT2D eigenvalue weighted by atomic mass is 19.4. The van der Waals surface area contributed by atoms with Crippen molar-refractivity contribution in [3.05, 3.63) is 0 Å². The van der Waals surface area contributed by atoms with Crippen molar-refractivity contribution in [2.24, 2.45) is 11.7 Å². The Morgan fingerprint density at radius 1 is 0.889 bits per heavy atom. The molecule has 2 N–H and O–H groups in total. The zero-order chi connectivity index (χ0) is 13.2.